The molecule has 0 fully saturated rings. The van der Waals surface area contributed by atoms with E-state index in [0.29, 0.717) is 22.7 Å². The van der Waals surface area contributed by atoms with E-state index in [1.54, 1.807) is 13.1 Å². The molecule has 6 rings (SSSR count). The molecule has 1 aromatic heterocycles. The lowest BCUT2D eigenvalue weighted by molar-refractivity contribution is 0.0953. The summed E-state index contributed by atoms with van der Waals surface area (Å²) in [4.78, 5) is 44.4. The summed E-state index contributed by atoms with van der Waals surface area (Å²) in [5.41, 5.74) is 4.49. The first-order valence-electron chi connectivity index (χ1n) is 11.1. The summed E-state index contributed by atoms with van der Waals surface area (Å²) in [6.07, 6.45) is 0. The molecule has 4 aromatic rings. The van der Waals surface area contributed by atoms with E-state index >= 15 is 0 Å². The van der Waals surface area contributed by atoms with Crippen LogP contribution in [0.2, 0.25) is 0 Å². The van der Waals surface area contributed by atoms with Gasteiger partial charge in [-0.1, -0.05) is 78.9 Å². The van der Waals surface area contributed by atoms with Gasteiger partial charge in [0.15, 0.2) is 5.78 Å². The highest BCUT2D eigenvalue weighted by molar-refractivity contribution is 6.30. The Morgan fingerprint density at radius 1 is 0.676 bits per heavy atom. The zero-order chi connectivity index (χ0) is 23.6. The van der Waals surface area contributed by atoms with Crippen molar-refractivity contribution in [3.05, 3.63) is 122 Å². The first-order chi connectivity index (χ1) is 16.5. The highest BCUT2D eigenvalue weighted by Gasteiger charge is 2.47. The van der Waals surface area contributed by atoms with E-state index in [-0.39, 0.29) is 5.78 Å². The first kappa shape index (κ1) is 20.3. The van der Waals surface area contributed by atoms with Crippen LogP contribution in [-0.4, -0.2) is 20.6 Å². The van der Waals surface area contributed by atoms with Crippen molar-refractivity contribution in [1.82, 2.24) is 9.13 Å². The number of hydrogen-bond donors (Lipinski definition) is 0. The van der Waals surface area contributed by atoms with Gasteiger partial charge in [-0.05, 0) is 16.7 Å². The average molecular weight is 447 g/mol. The zero-order valence-corrected chi connectivity index (χ0v) is 18.7. The average Bonchev–Trinajstić information content (AvgIpc) is 3.17. The number of benzene rings is 3. The molecular formula is C28H21N3O3. The highest BCUT2D eigenvalue weighted by Crippen LogP contribution is 2.46. The molecule has 3 aromatic carbocycles. The number of aromatic nitrogens is 2. The normalized spacial score (nSPS) is 18.2. The molecule has 34 heavy (non-hydrogen) atoms. The number of carbonyl (C=O) groups excluding carboxylic acids is 1. The molecule has 0 saturated carbocycles. The predicted molar refractivity (Wildman–Crippen MR) is 131 cm³/mol. The minimum Gasteiger partial charge on any atom is -0.293 e. The van der Waals surface area contributed by atoms with Crippen molar-refractivity contribution in [1.29, 1.82) is 0 Å². The van der Waals surface area contributed by atoms with Crippen LogP contribution >= 0.6 is 0 Å². The Morgan fingerprint density at radius 2 is 1.29 bits per heavy atom. The molecular weight excluding hydrogens is 426 g/mol. The van der Waals surface area contributed by atoms with E-state index in [2.05, 4.69) is 0 Å². The molecule has 6 heteroatoms. The fourth-order valence-corrected chi connectivity index (χ4v) is 5.24. The molecule has 0 spiro atoms. The van der Waals surface area contributed by atoms with E-state index in [4.69, 9.17) is 4.99 Å². The standard InChI is InChI=1S/C28H21N3O3/c1-30-26-23(27(33)31(2)28(30)34)21(18-14-12-17(13-15-18)16-8-4-3-5-9-16)22-24(29-26)19-10-6-7-11-20(19)25(22)32/h3-15,21-22H,1-2H3. The van der Waals surface area contributed by atoms with Gasteiger partial charge >= 0.3 is 5.69 Å². The Morgan fingerprint density at radius 3 is 2.00 bits per heavy atom. The van der Waals surface area contributed by atoms with Crippen LogP contribution in [0.1, 0.15) is 33.0 Å². The summed E-state index contributed by atoms with van der Waals surface area (Å²) in [6.45, 7) is 0. The lowest BCUT2D eigenvalue weighted by Gasteiger charge is -2.30. The third kappa shape index (κ3) is 2.75. The number of Topliss-reactive ketones (excluding diaryl/α,β-unsaturated/α-hetero) is 1. The third-order valence-corrected chi connectivity index (χ3v) is 6.96. The first-order valence-corrected chi connectivity index (χ1v) is 11.1. The molecule has 0 N–H and O–H groups in total. The maximum absolute atomic E-state index is 13.6. The molecule has 1 aliphatic carbocycles. The molecule has 0 radical (unpaired) electrons. The number of hydrogen-bond acceptors (Lipinski definition) is 4. The monoisotopic (exact) mass is 447 g/mol. The minimum absolute atomic E-state index is 0.0481. The van der Waals surface area contributed by atoms with Gasteiger partial charge < -0.3 is 0 Å². The van der Waals surface area contributed by atoms with Crippen molar-refractivity contribution < 1.29 is 4.79 Å². The number of ketones is 1. The molecule has 0 bridgehead atoms. The smallest absolute Gasteiger partial charge is 0.293 e. The van der Waals surface area contributed by atoms with Crippen molar-refractivity contribution in [2.45, 2.75) is 5.92 Å². The van der Waals surface area contributed by atoms with E-state index in [0.717, 1.165) is 26.8 Å². The second kappa shape index (κ2) is 7.35. The molecule has 2 heterocycles. The number of aliphatic imine (C=N–C) groups is 1. The fraction of sp³-hybridized carbons (Fsp3) is 0.143. The molecule has 2 aliphatic rings. The molecule has 1 aliphatic heterocycles. The number of fused-ring (bicyclic) bond motifs is 4. The van der Waals surface area contributed by atoms with E-state index in [1.807, 2.05) is 72.8 Å². The van der Waals surface area contributed by atoms with Gasteiger partial charge in [0.05, 0.1) is 17.2 Å². The van der Waals surface area contributed by atoms with Crippen molar-refractivity contribution in [3.8, 4) is 11.1 Å². The van der Waals surface area contributed by atoms with Crippen LogP contribution in [0.15, 0.2) is 93.4 Å². The van der Waals surface area contributed by atoms with Crippen LogP contribution in [0.25, 0.3) is 11.1 Å². The number of rotatable bonds is 2. The largest absolute Gasteiger partial charge is 0.332 e. The van der Waals surface area contributed by atoms with E-state index in [1.165, 1.54) is 11.6 Å². The van der Waals surface area contributed by atoms with Crippen LogP contribution in [0.3, 0.4) is 0 Å². The number of nitrogens with zero attached hydrogens (tertiary/aromatic N) is 3. The Kier molecular flexibility index (Phi) is 4.39. The summed E-state index contributed by atoms with van der Waals surface area (Å²) in [5.74, 6) is -0.885. The molecule has 6 nitrogen and oxygen atoms in total. The van der Waals surface area contributed by atoms with Gasteiger partial charge in [-0.25, -0.2) is 9.79 Å². The quantitative estimate of drug-likeness (QED) is 0.469. The molecule has 166 valence electrons. The van der Waals surface area contributed by atoms with E-state index in [9.17, 15) is 14.4 Å². The lowest BCUT2D eigenvalue weighted by atomic mass is 9.76. The fourth-order valence-electron chi connectivity index (χ4n) is 5.24. The van der Waals surface area contributed by atoms with Gasteiger partial charge in [-0.3, -0.25) is 18.7 Å². The Hall–Kier alpha value is -4.32. The van der Waals surface area contributed by atoms with Crippen molar-refractivity contribution in [2.75, 3.05) is 0 Å². The van der Waals surface area contributed by atoms with Crippen LogP contribution in [0.5, 0.6) is 0 Å². The van der Waals surface area contributed by atoms with Crippen molar-refractivity contribution in [3.63, 3.8) is 0 Å². The Labute approximate surface area is 195 Å². The summed E-state index contributed by atoms with van der Waals surface area (Å²) in [5, 5.41) is 0. The van der Waals surface area contributed by atoms with Gasteiger partial charge in [-0.15, -0.1) is 0 Å². The van der Waals surface area contributed by atoms with Crippen molar-refractivity contribution in [2.24, 2.45) is 25.0 Å². The number of carbonyl (C=O) groups is 1. The van der Waals surface area contributed by atoms with Gasteiger partial charge in [0, 0.05) is 31.1 Å². The highest BCUT2D eigenvalue weighted by atomic mass is 16.2. The molecule has 0 saturated heterocycles. The summed E-state index contributed by atoms with van der Waals surface area (Å²) in [7, 11) is 3.08. The summed E-state index contributed by atoms with van der Waals surface area (Å²) in [6, 6.07) is 25.4. The van der Waals surface area contributed by atoms with Crippen LogP contribution in [-0.2, 0) is 14.1 Å². The van der Waals surface area contributed by atoms with Gasteiger partial charge in [0.25, 0.3) is 5.56 Å². The summed E-state index contributed by atoms with van der Waals surface area (Å²) < 4.78 is 2.49. The zero-order valence-electron chi connectivity index (χ0n) is 18.7. The lowest BCUT2D eigenvalue weighted by Crippen LogP contribution is -2.43. The third-order valence-electron chi connectivity index (χ3n) is 6.96. The van der Waals surface area contributed by atoms with Crippen LogP contribution in [0.4, 0.5) is 5.82 Å². The van der Waals surface area contributed by atoms with E-state index < -0.39 is 23.1 Å². The predicted octanol–water partition coefficient (Wildman–Crippen LogP) is 3.83. The van der Waals surface area contributed by atoms with Gasteiger partial charge in [0.1, 0.15) is 5.82 Å². The maximum Gasteiger partial charge on any atom is 0.332 e. The molecule has 2 atom stereocenters. The second-order valence-electron chi connectivity index (χ2n) is 8.79. The van der Waals surface area contributed by atoms with Gasteiger partial charge in [0.2, 0.25) is 0 Å². The van der Waals surface area contributed by atoms with Crippen LogP contribution in [0, 0.1) is 5.92 Å². The Balaban J connectivity index is 1.61. The second-order valence-corrected chi connectivity index (χ2v) is 8.79. The minimum atomic E-state index is -0.613. The van der Waals surface area contributed by atoms with Gasteiger partial charge in [-0.2, -0.15) is 0 Å². The van der Waals surface area contributed by atoms with Crippen LogP contribution < -0.4 is 11.2 Å². The topological polar surface area (TPSA) is 73.4 Å². The molecule has 2 unspecified atom stereocenters. The summed E-state index contributed by atoms with van der Waals surface area (Å²) >= 11 is 0. The Bertz CT molecular complexity index is 1630. The maximum atomic E-state index is 13.6. The van der Waals surface area contributed by atoms with Crippen molar-refractivity contribution >= 4 is 17.3 Å². The SMILES string of the molecule is Cn1c2c(c(=O)n(C)c1=O)C(c1ccc(-c3ccccc3)cc1)C1C(=O)c3ccccc3C1=N2. The molecule has 0 amide bonds.